The van der Waals surface area contributed by atoms with Crippen molar-refractivity contribution in [2.24, 2.45) is 5.92 Å². The summed E-state index contributed by atoms with van der Waals surface area (Å²) in [5, 5.41) is 3.09. The highest BCUT2D eigenvalue weighted by Crippen LogP contribution is 2.28. The Hall–Kier alpha value is -2.45. The Morgan fingerprint density at radius 2 is 1.83 bits per heavy atom. The maximum Gasteiger partial charge on any atom is 0.255 e. The minimum Gasteiger partial charge on any atom is -0.383 e. The first-order valence-corrected chi connectivity index (χ1v) is 13.3. The van der Waals surface area contributed by atoms with Gasteiger partial charge in [-0.1, -0.05) is 25.7 Å². The van der Waals surface area contributed by atoms with Crippen LogP contribution in [-0.4, -0.2) is 78.1 Å². The van der Waals surface area contributed by atoms with Crippen LogP contribution in [0.25, 0.3) is 11.0 Å². The van der Waals surface area contributed by atoms with Crippen LogP contribution in [0.15, 0.2) is 18.5 Å². The van der Waals surface area contributed by atoms with E-state index in [1.54, 1.807) is 18.3 Å². The second-order valence-electron chi connectivity index (χ2n) is 10.1. The molecule has 0 spiro atoms. The largest absolute Gasteiger partial charge is 0.383 e. The van der Waals surface area contributed by atoms with Crippen molar-refractivity contribution in [1.82, 2.24) is 19.4 Å². The molecule has 1 aliphatic heterocycles. The number of methoxy groups -OCH3 is 1. The molecule has 2 aliphatic rings. The average molecular weight is 484 g/mol. The maximum atomic E-state index is 13.6. The summed E-state index contributed by atoms with van der Waals surface area (Å²) in [4.78, 5) is 35.4. The number of carbonyl (C=O) groups excluding carboxylic acids is 2. The Kier molecular flexibility index (Phi) is 9.15. The topological polar surface area (TPSA) is 79.7 Å². The van der Waals surface area contributed by atoms with E-state index in [0.717, 1.165) is 44.2 Å². The van der Waals surface area contributed by atoms with Crippen LogP contribution in [0.3, 0.4) is 0 Å². The number of rotatable bonds is 10. The molecule has 2 aromatic rings. The van der Waals surface area contributed by atoms with Crippen LogP contribution in [0.5, 0.6) is 0 Å². The predicted octanol–water partition coefficient (Wildman–Crippen LogP) is 4.15. The maximum absolute atomic E-state index is 13.6. The number of amides is 2. The number of hydrogen-bond acceptors (Lipinski definition) is 5. The van der Waals surface area contributed by atoms with E-state index in [0.29, 0.717) is 36.5 Å². The molecule has 4 rings (SSSR count). The van der Waals surface area contributed by atoms with Gasteiger partial charge in [0, 0.05) is 38.9 Å². The summed E-state index contributed by atoms with van der Waals surface area (Å²) in [6.07, 6.45) is 11.9. The number of anilines is 1. The molecule has 0 unspecified atom stereocenters. The van der Waals surface area contributed by atoms with E-state index in [-0.39, 0.29) is 17.7 Å². The van der Waals surface area contributed by atoms with E-state index in [9.17, 15) is 9.59 Å². The van der Waals surface area contributed by atoms with E-state index in [1.807, 2.05) is 23.7 Å². The molecule has 0 bridgehead atoms. The lowest BCUT2D eigenvalue weighted by molar-refractivity contribution is -0.120. The van der Waals surface area contributed by atoms with Crippen molar-refractivity contribution < 1.29 is 14.3 Å². The Bertz CT molecular complexity index is 992. The molecule has 1 aromatic carbocycles. The van der Waals surface area contributed by atoms with Crippen molar-refractivity contribution >= 4 is 28.5 Å². The third-order valence-corrected chi connectivity index (χ3v) is 7.49. The van der Waals surface area contributed by atoms with Gasteiger partial charge in [0.05, 0.1) is 29.5 Å². The Balaban J connectivity index is 1.52. The standard InChI is InChI=1S/C27H41N5O3/c1-30(12-9-15-31-13-7-4-8-14-31)27(34)23-18-22(29-26(33)21-10-5-3-6-11-21)19-24-25(23)32(20-28-24)16-17-35-2/h18-21H,3-17H2,1-2H3,(H,29,33). The molecule has 2 fully saturated rings. The lowest BCUT2D eigenvalue weighted by atomic mass is 9.88. The number of likely N-dealkylation sites (tertiary alicyclic amines) is 1. The van der Waals surface area contributed by atoms with Gasteiger partial charge in [0.25, 0.3) is 5.91 Å². The van der Waals surface area contributed by atoms with E-state index < -0.39 is 0 Å². The summed E-state index contributed by atoms with van der Waals surface area (Å²) >= 11 is 0. The van der Waals surface area contributed by atoms with Crippen LogP contribution in [0, 0.1) is 5.92 Å². The summed E-state index contributed by atoms with van der Waals surface area (Å²) in [5.74, 6) is 0.0630. The molecule has 0 atom stereocenters. The zero-order valence-corrected chi connectivity index (χ0v) is 21.4. The number of carbonyl (C=O) groups is 2. The molecule has 2 amide bonds. The van der Waals surface area contributed by atoms with Gasteiger partial charge >= 0.3 is 0 Å². The number of nitrogens with zero attached hydrogens (tertiary/aromatic N) is 4. The number of aromatic nitrogens is 2. The van der Waals surface area contributed by atoms with Gasteiger partial charge in [-0.25, -0.2) is 4.98 Å². The monoisotopic (exact) mass is 483 g/mol. The molecule has 1 aliphatic carbocycles. The smallest absolute Gasteiger partial charge is 0.255 e. The van der Waals surface area contributed by atoms with E-state index in [4.69, 9.17) is 4.74 Å². The molecule has 35 heavy (non-hydrogen) atoms. The molecular formula is C27H41N5O3. The summed E-state index contributed by atoms with van der Waals surface area (Å²) < 4.78 is 7.23. The van der Waals surface area contributed by atoms with Crippen LogP contribution < -0.4 is 5.32 Å². The second kappa shape index (κ2) is 12.5. The molecule has 1 saturated carbocycles. The molecule has 8 heteroatoms. The number of fused-ring (bicyclic) bond motifs is 1. The van der Waals surface area contributed by atoms with Gasteiger partial charge in [0.2, 0.25) is 5.91 Å². The van der Waals surface area contributed by atoms with Crippen LogP contribution in [0.2, 0.25) is 0 Å². The molecule has 1 saturated heterocycles. The highest BCUT2D eigenvalue weighted by atomic mass is 16.5. The zero-order chi connectivity index (χ0) is 24.6. The highest BCUT2D eigenvalue weighted by molar-refractivity contribution is 6.07. The minimum atomic E-state index is -0.0402. The number of imidazole rings is 1. The number of ether oxygens (including phenoxy) is 1. The van der Waals surface area contributed by atoms with E-state index >= 15 is 0 Å². The molecular weight excluding hydrogens is 442 g/mol. The van der Waals surface area contributed by atoms with Crippen molar-refractivity contribution in [1.29, 1.82) is 0 Å². The first kappa shape index (κ1) is 25.6. The van der Waals surface area contributed by atoms with Crippen molar-refractivity contribution in [2.75, 3.05) is 52.3 Å². The van der Waals surface area contributed by atoms with Crippen molar-refractivity contribution in [3.05, 3.63) is 24.0 Å². The van der Waals surface area contributed by atoms with Crippen LogP contribution in [0.1, 0.15) is 68.1 Å². The fourth-order valence-electron chi connectivity index (χ4n) is 5.43. The van der Waals surface area contributed by atoms with E-state index in [2.05, 4.69) is 15.2 Å². The first-order valence-electron chi connectivity index (χ1n) is 13.3. The predicted molar refractivity (Wildman–Crippen MR) is 139 cm³/mol. The summed E-state index contributed by atoms with van der Waals surface area (Å²) in [5.41, 5.74) is 2.74. The lowest BCUT2D eigenvalue weighted by Crippen LogP contribution is -2.34. The molecule has 1 N–H and O–H groups in total. The molecule has 0 radical (unpaired) electrons. The van der Waals surface area contributed by atoms with Gasteiger partial charge in [-0.3, -0.25) is 9.59 Å². The highest BCUT2D eigenvalue weighted by Gasteiger charge is 2.24. The molecule has 192 valence electrons. The quantitative estimate of drug-likeness (QED) is 0.549. The summed E-state index contributed by atoms with van der Waals surface area (Å²) in [6, 6.07) is 3.71. The zero-order valence-electron chi connectivity index (χ0n) is 21.4. The molecule has 1 aromatic heterocycles. The minimum absolute atomic E-state index is 0.0402. The average Bonchev–Trinajstić information content (AvgIpc) is 3.30. The summed E-state index contributed by atoms with van der Waals surface area (Å²) in [6.45, 7) is 5.20. The molecule has 2 heterocycles. The fraction of sp³-hybridized carbons (Fsp3) is 0.667. The van der Waals surface area contributed by atoms with Gasteiger partial charge in [0.15, 0.2) is 0 Å². The second-order valence-corrected chi connectivity index (χ2v) is 10.1. The van der Waals surface area contributed by atoms with Crippen LogP contribution in [-0.2, 0) is 16.1 Å². The summed E-state index contributed by atoms with van der Waals surface area (Å²) in [7, 11) is 3.54. The Morgan fingerprint density at radius 1 is 1.09 bits per heavy atom. The van der Waals surface area contributed by atoms with Crippen molar-refractivity contribution in [2.45, 2.75) is 64.3 Å². The Labute approximate surface area is 209 Å². The number of piperidine rings is 1. The third-order valence-electron chi connectivity index (χ3n) is 7.49. The number of benzene rings is 1. The number of nitrogens with one attached hydrogen (secondary N) is 1. The van der Waals surface area contributed by atoms with Gasteiger partial charge in [-0.15, -0.1) is 0 Å². The van der Waals surface area contributed by atoms with Crippen molar-refractivity contribution in [3.8, 4) is 0 Å². The fourth-order valence-corrected chi connectivity index (χ4v) is 5.43. The van der Waals surface area contributed by atoms with Gasteiger partial charge < -0.3 is 24.4 Å². The van der Waals surface area contributed by atoms with Crippen molar-refractivity contribution in [3.63, 3.8) is 0 Å². The van der Waals surface area contributed by atoms with E-state index in [1.165, 1.54) is 38.8 Å². The van der Waals surface area contributed by atoms with Gasteiger partial charge in [-0.05, 0) is 63.9 Å². The molecule has 8 nitrogen and oxygen atoms in total. The first-order chi connectivity index (χ1) is 17.1. The van der Waals surface area contributed by atoms with Crippen LogP contribution in [0.4, 0.5) is 5.69 Å². The normalized spacial score (nSPS) is 17.5. The lowest BCUT2D eigenvalue weighted by Gasteiger charge is -2.27. The Morgan fingerprint density at radius 3 is 2.57 bits per heavy atom. The SMILES string of the molecule is COCCn1cnc2cc(NC(=O)C3CCCCC3)cc(C(=O)N(C)CCCN3CCCCC3)c21. The van der Waals surface area contributed by atoms with Crippen LogP contribution >= 0.6 is 0 Å². The number of hydrogen-bond donors (Lipinski definition) is 1. The van der Waals surface area contributed by atoms with Gasteiger partial charge in [0.1, 0.15) is 0 Å². The third kappa shape index (κ3) is 6.61. The van der Waals surface area contributed by atoms with Gasteiger partial charge in [-0.2, -0.15) is 0 Å².